The molecule has 0 spiro atoms. The molecule has 3 heteroatoms. The molecule has 0 amide bonds. The summed E-state index contributed by atoms with van der Waals surface area (Å²) in [6.45, 7) is 3.41. The molecule has 0 saturated carbocycles. The number of hydrogen-bond acceptors (Lipinski definition) is 2. The maximum Gasteiger partial charge on any atom is 0.255 e. The van der Waals surface area contributed by atoms with Crippen LogP contribution in [0.25, 0.3) is 0 Å². The van der Waals surface area contributed by atoms with Crippen LogP contribution in [0.4, 0.5) is 0 Å². The number of nitrogens with two attached hydrogens (primary N) is 1. The third-order valence-corrected chi connectivity index (χ3v) is 3.88. The van der Waals surface area contributed by atoms with Crippen molar-refractivity contribution in [3.05, 3.63) is 33.2 Å². The van der Waals surface area contributed by atoms with E-state index in [0.717, 1.165) is 31.4 Å². The van der Waals surface area contributed by atoms with Gasteiger partial charge in [-0.2, -0.15) is 0 Å². The summed E-state index contributed by atoms with van der Waals surface area (Å²) in [5.41, 5.74) is 9.26. The SMILES string of the molecule is CCCCCn1c2c(cc(CN)c1=O)CCCC2. The predicted octanol–water partition coefficient (Wildman–Crippen LogP) is 2.38. The number of hydrogen-bond donors (Lipinski definition) is 1. The average molecular weight is 248 g/mol. The van der Waals surface area contributed by atoms with Crippen molar-refractivity contribution in [2.75, 3.05) is 0 Å². The van der Waals surface area contributed by atoms with E-state index in [0.29, 0.717) is 6.54 Å². The van der Waals surface area contributed by atoms with Crippen molar-refractivity contribution >= 4 is 0 Å². The van der Waals surface area contributed by atoms with Crippen LogP contribution in [0, 0.1) is 0 Å². The summed E-state index contributed by atoms with van der Waals surface area (Å²) in [4.78, 5) is 12.3. The van der Waals surface area contributed by atoms with E-state index in [1.165, 1.54) is 36.9 Å². The molecule has 3 nitrogen and oxygen atoms in total. The third-order valence-electron chi connectivity index (χ3n) is 3.88. The molecule has 0 aromatic carbocycles. The van der Waals surface area contributed by atoms with Crippen molar-refractivity contribution in [1.82, 2.24) is 4.57 Å². The van der Waals surface area contributed by atoms with Crippen LogP contribution < -0.4 is 11.3 Å². The molecule has 0 radical (unpaired) electrons. The second-order valence-electron chi connectivity index (χ2n) is 5.22. The monoisotopic (exact) mass is 248 g/mol. The molecule has 18 heavy (non-hydrogen) atoms. The van der Waals surface area contributed by atoms with Crippen LogP contribution in [-0.2, 0) is 25.9 Å². The first-order chi connectivity index (χ1) is 8.77. The van der Waals surface area contributed by atoms with Crippen molar-refractivity contribution in [2.24, 2.45) is 5.73 Å². The Morgan fingerprint density at radius 3 is 2.78 bits per heavy atom. The number of pyridine rings is 1. The van der Waals surface area contributed by atoms with Crippen LogP contribution in [-0.4, -0.2) is 4.57 Å². The lowest BCUT2D eigenvalue weighted by molar-refractivity contribution is 0.533. The van der Waals surface area contributed by atoms with Crippen molar-refractivity contribution in [3.8, 4) is 0 Å². The van der Waals surface area contributed by atoms with Gasteiger partial charge >= 0.3 is 0 Å². The molecule has 0 aliphatic heterocycles. The zero-order valence-corrected chi connectivity index (χ0v) is 11.4. The number of fused-ring (bicyclic) bond motifs is 1. The highest BCUT2D eigenvalue weighted by Gasteiger charge is 2.16. The Kier molecular flexibility index (Phi) is 4.59. The minimum Gasteiger partial charge on any atom is -0.326 e. The molecule has 1 aromatic rings. The van der Waals surface area contributed by atoms with Gasteiger partial charge in [0.15, 0.2) is 0 Å². The second-order valence-corrected chi connectivity index (χ2v) is 5.22. The topological polar surface area (TPSA) is 48.0 Å². The summed E-state index contributed by atoms with van der Waals surface area (Å²) in [7, 11) is 0. The van der Waals surface area contributed by atoms with Gasteiger partial charge in [-0.25, -0.2) is 0 Å². The first kappa shape index (κ1) is 13.3. The largest absolute Gasteiger partial charge is 0.326 e. The molecular weight excluding hydrogens is 224 g/mol. The second kappa shape index (κ2) is 6.19. The normalized spacial score (nSPS) is 14.6. The zero-order valence-electron chi connectivity index (χ0n) is 11.4. The van der Waals surface area contributed by atoms with Crippen LogP contribution in [0.3, 0.4) is 0 Å². The summed E-state index contributed by atoms with van der Waals surface area (Å²) < 4.78 is 2.01. The van der Waals surface area contributed by atoms with Gasteiger partial charge in [0.25, 0.3) is 5.56 Å². The number of aryl methyl sites for hydroxylation is 1. The van der Waals surface area contributed by atoms with Gasteiger partial charge in [0.1, 0.15) is 0 Å². The lowest BCUT2D eigenvalue weighted by Crippen LogP contribution is -2.30. The number of rotatable bonds is 5. The highest BCUT2D eigenvalue weighted by atomic mass is 16.1. The Morgan fingerprint density at radius 2 is 2.06 bits per heavy atom. The van der Waals surface area contributed by atoms with E-state index >= 15 is 0 Å². The fraction of sp³-hybridized carbons (Fsp3) is 0.667. The number of nitrogens with zero attached hydrogens (tertiary/aromatic N) is 1. The fourth-order valence-electron chi connectivity index (χ4n) is 2.85. The Morgan fingerprint density at radius 1 is 1.28 bits per heavy atom. The van der Waals surface area contributed by atoms with Crippen molar-refractivity contribution in [2.45, 2.75) is 65.0 Å². The van der Waals surface area contributed by atoms with Crippen molar-refractivity contribution in [1.29, 1.82) is 0 Å². The molecule has 100 valence electrons. The van der Waals surface area contributed by atoms with Gasteiger partial charge in [-0.05, 0) is 43.7 Å². The summed E-state index contributed by atoms with van der Waals surface area (Å²) in [5.74, 6) is 0. The fourth-order valence-corrected chi connectivity index (χ4v) is 2.85. The quantitative estimate of drug-likeness (QED) is 0.813. The molecule has 2 N–H and O–H groups in total. The van der Waals surface area contributed by atoms with E-state index in [1.807, 2.05) is 10.6 Å². The number of unbranched alkanes of at least 4 members (excludes halogenated alkanes) is 2. The molecule has 1 aromatic heterocycles. The van der Waals surface area contributed by atoms with Gasteiger partial charge in [0, 0.05) is 24.3 Å². The van der Waals surface area contributed by atoms with Crippen LogP contribution in [0.2, 0.25) is 0 Å². The van der Waals surface area contributed by atoms with Gasteiger partial charge in [0.2, 0.25) is 0 Å². The van der Waals surface area contributed by atoms with Gasteiger partial charge in [-0.3, -0.25) is 4.79 Å². The number of aromatic nitrogens is 1. The van der Waals surface area contributed by atoms with E-state index in [9.17, 15) is 4.79 Å². The van der Waals surface area contributed by atoms with E-state index in [2.05, 4.69) is 6.92 Å². The van der Waals surface area contributed by atoms with E-state index in [-0.39, 0.29) is 5.56 Å². The first-order valence-corrected chi connectivity index (χ1v) is 7.22. The van der Waals surface area contributed by atoms with Gasteiger partial charge < -0.3 is 10.3 Å². The highest BCUT2D eigenvalue weighted by Crippen LogP contribution is 2.21. The molecule has 1 aliphatic rings. The van der Waals surface area contributed by atoms with Gasteiger partial charge in [0.05, 0.1) is 0 Å². The maximum absolute atomic E-state index is 12.3. The molecule has 0 fully saturated rings. The molecule has 0 atom stereocenters. The Bertz CT molecular complexity index is 462. The van der Waals surface area contributed by atoms with Crippen LogP contribution in [0.15, 0.2) is 10.9 Å². The first-order valence-electron chi connectivity index (χ1n) is 7.22. The summed E-state index contributed by atoms with van der Waals surface area (Å²) in [5, 5.41) is 0. The molecule has 1 heterocycles. The summed E-state index contributed by atoms with van der Waals surface area (Å²) in [6.07, 6.45) is 8.09. The standard InChI is InChI=1S/C15H24N2O/c1-2-3-6-9-17-14-8-5-4-7-12(14)10-13(11-16)15(17)18/h10H,2-9,11,16H2,1H3. The van der Waals surface area contributed by atoms with E-state index in [1.54, 1.807) is 0 Å². The smallest absolute Gasteiger partial charge is 0.255 e. The Balaban J connectivity index is 2.37. The van der Waals surface area contributed by atoms with Crippen molar-refractivity contribution in [3.63, 3.8) is 0 Å². The average Bonchev–Trinajstić information content (AvgIpc) is 2.41. The third kappa shape index (κ3) is 2.66. The summed E-state index contributed by atoms with van der Waals surface area (Å²) >= 11 is 0. The van der Waals surface area contributed by atoms with Crippen LogP contribution in [0.5, 0.6) is 0 Å². The van der Waals surface area contributed by atoms with E-state index in [4.69, 9.17) is 5.73 Å². The lowest BCUT2D eigenvalue weighted by atomic mass is 9.94. The Labute approximate surface area is 109 Å². The van der Waals surface area contributed by atoms with Gasteiger partial charge in [-0.15, -0.1) is 0 Å². The van der Waals surface area contributed by atoms with Crippen LogP contribution >= 0.6 is 0 Å². The summed E-state index contributed by atoms with van der Waals surface area (Å²) in [6, 6.07) is 2.05. The predicted molar refractivity (Wildman–Crippen MR) is 74.8 cm³/mol. The molecule has 0 saturated heterocycles. The minimum atomic E-state index is 0.147. The lowest BCUT2D eigenvalue weighted by Gasteiger charge is -2.22. The molecule has 2 rings (SSSR count). The molecule has 1 aliphatic carbocycles. The maximum atomic E-state index is 12.3. The minimum absolute atomic E-state index is 0.147. The Hall–Kier alpha value is -1.09. The molecule has 0 bridgehead atoms. The zero-order chi connectivity index (χ0) is 13.0. The van der Waals surface area contributed by atoms with Gasteiger partial charge in [-0.1, -0.05) is 19.8 Å². The molecular formula is C15H24N2O. The van der Waals surface area contributed by atoms with Crippen molar-refractivity contribution < 1.29 is 0 Å². The van der Waals surface area contributed by atoms with Crippen LogP contribution in [0.1, 0.15) is 55.8 Å². The highest BCUT2D eigenvalue weighted by molar-refractivity contribution is 5.29. The van der Waals surface area contributed by atoms with E-state index < -0.39 is 0 Å². The molecule has 0 unspecified atom stereocenters.